The van der Waals surface area contributed by atoms with Gasteiger partial charge < -0.3 is 29.6 Å². The fourth-order valence-electron chi connectivity index (χ4n) is 7.82. The number of nitrogens with zero attached hydrogens (tertiary/aromatic N) is 7. The second kappa shape index (κ2) is 12.4. The highest BCUT2D eigenvalue weighted by Gasteiger charge is 2.73. The van der Waals surface area contributed by atoms with Crippen LogP contribution in [0.3, 0.4) is 0 Å². The van der Waals surface area contributed by atoms with Crippen molar-refractivity contribution in [2.45, 2.75) is 63.9 Å². The molecule has 4 aromatic heterocycles. The molecule has 0 aromatic carbocycles. The fourth-order valence-corrected chi connectivity index (χ4v) is 9.90. The van der Waals surface area contributed by atoms with E-state index in [0.29, 0.717) is 17.6 Å². The quantitative estimate of drug-likeness (QED) is 0.179. The molecule has 24 heteroatoms. The van der Waals surface area contributed by atoms with E-state index in [0.717, 1.165) is 0 Å². The first-order valence-electron chi connectivity index (χ1n) is 16.3. The summed E-state index contributed by atoms with van der Waals surface area (Å²) in [4.78, 5) is 71.2. The van der Waals surface area contributed by atoms with Crippen LogP contribution in [0.4, 0.5) is 11.8 Å². The van der Waals surface area contributed by atoms with Gasteiger partial charge in [-0.05, 0) is 12.3 Å². The Kier molecular flexibility index (Phi) is 8.46. The van der Waals surface area contributed by atoms with Crippen LogP contribution in [0.15, 0.2) is 23.8 Å². The highest BCUT2D eigenvalue weighted by molar-refractivity contribution is 7.47. The van der Waals surface area contributed by atoms with Crippen molar-refractivity contribution in [3.8, 4) is 0 Å². The van der Waals surface area contributed by atoms with E-state index in [-0.39, 0.29) is 34.9 Å². The lowest BCUT2D eigenvalue weighted by atomic mass is 9.94. The van der Waals surface area contributed by atoms with Crippen molar-refractivity contribution in [2.24, 2.45) is 23.2 Å². The molecule has 2 unspecified atom stereocenters. The summed E-state index contributed by atoms with van der Waals surface area (Å²) < 4.78 is 65.1. The molecule has 4 aromatic rings. The van der Waals surface area contributed by atoms with Gasteiger partial charge in [-0.2, -0.15) is 4.98 Å². The summed E-state index contributed by atoms with van der Waals surface area (Å²) in [6.07, 6.45) is -1.71. The van der Waals surface area contributed by atoms with Crippen LogP contribution in [0.5, 0.6) is 0 Å². The number of methoxy groups -OCH3 is 1. The summed E-state index contributed by atoms with van der Waals surface area (Å²) in [7, 11) is -8.52. The van der Waals surface area contributed by atoms with Crippen molar-refractivity contribution in [3.63, 3.8) is 0 Å². The molecule has 280 valence electrons. The number of phosphoric ester groups is 2. The Morgan fingerprint density at radius 1 is 1.10 bits per heavy atom. The van der Waals surface area contributed by atoms with Crippen molar-refractivity contribution < 1.29 is 51.3 Å². The summed E-state index contributed by atoms with van der Waals surface area (Å²) >= 11 is 0. The number of H-pyrrole nitrogens is 1. The van der Waals surface area contributed by atoms with Crippen LogP contribution < -0.4 is 16.6 Å². The van der Waals surface area contributed by atoms with E-state index in [4.69, 9.17) is 33.3 Å². The third-order valence-electron chi connectivity index (χ3n) is 10.3. The Morgan fingerprint density at radius 3 is 2.58 bits per heavy atom. The molecule has 2 bridgehead atoms. The first kappa shape index (κ1) is 35.3. The molecule has 4 aliphatic rings. The second-order valence-corrected chi connectivity index (χ2v) is 16.5. The van der Waals surface area contributed by atoms with E-state index in [1.165, 1.54) is 24.3 Å². The predicted octanol–water partition coefficient (Wildman–Crippen LogP) is 1.26. The third-order valence-corrected chi connectivity index (χ3v) is 12.2. The predicted molar refractivity (Wildman–Crippen MR) is 176 cm³/mol. The molecular formula is C28H36N10O12P2. The lowest BCUT2D eigenvalue weighted by Gasteiger charge is -2.31. The minimum atomic E-state index is -4.96. The number of hydrogen-bond donors (Lipinski definition) is 5. The zero-order chi connectivity index (χ0) is 36.9. The smallest absolute Gasteiger partial charge is 0.382 e. The number of aromatic nitrogens is 8. The van der Waals surface area contributed by atoms with Crippen LogP contribution in [0.2, 0.25) is 0 Å². The number of hydrogen-bond acceptors (Lipinski definition) is 16. The molecule has 1 amide bonds. The van der Waals surface area contributed by atoms with Gasteiger partial charge in [-0.3, -0.25) is 42.6 Å². The number of aromatic amines is 1. The van der Waals surface area contributed by atoms with E-state index in [9.17, 15) is 28.5 Å². The van der Waals surface area contributed by atoms with Gasteiger partial charge in [-0.25, -0.2) is 29.1 Å². The Hall–Kier alpha value is -3.69. The van der Waals surface area contributed by atoms with E-state index in [2.05, 4.69) is 35.2 Å². The van der Waals surface area contributed by atoms with Gasteiger partial charge in [0, 0.05) is 30.4 Å². The number of carbonyl (C=O) groups excluding carboxylic acids is 1. The fraction of sp³-hybridized carbons (Fsp3) is 0.607. The number of anilines is 2. The minimum absolute atomic E-state index is 0.0728. The Balaban J connectivity index is 1.13. The largest absolute Gasteiger partial charge is 0.472 e. The van der Waals surface area contributed by atoms with Crippen LogP contribution in [-0.2, 0) is 41.5 Å². The van der Waals surface area contributed by atoms with Crippen molar-refractivity contribution in [2.75, 3.05) is 31.4 Å². The van der Waals surface area contributed by atoms with Crippen molar-refractivity contribution in [1.82, 2.24) is 39.0 Å². The number of amides is 1. The molecule has 4 fully saturated rings. The highest BCUT2D eigenvalue weighted by Crippen LogP contribution is 2.73. The minimum Gasteiger partial charge on any atom is -0.382 e. The molecule has 0 radical (unpaired) electrons. The van der Waals surface area contributed by atoms with Crippen molar-refractivity contribution in [1.29, 1.82) is 0 Å². The van der Waals surface area contributed by atoms with Gasteiger partial charge in [0.15, 0.2) is 28.9 Å². The number of fused-ring (bicyclic) bond motifs is 4. The first-order valence-corrected chi connectivity index (χ1v) is 19.3. The Morgan fingerprint density at radius 2 is 1.83 bits per heavy atom. The Bertz CT molecular complexity index is 2230. The van der Waals surface area contributed by atoms with E-state index < -0.39 is 88.2 Å². The number of nitrogen functional groups attached to an aromatic ring is 1. The molecule has 22 nitrogen and oxygen atoms in total. The zero-order valence-electron chi connectivity index (χ0n) is 28.1. The van der Waals surface area contributed by atoms with Crippen LogP contribution in [0.25, 0.3) is 22.3 Å². The lowest BCUT2D eigenvalue weighted by Crippen LogP contribution is -2.37. The van der Waals surface area contributed by atoms with Crippen molar-refractivity contribution >= 4 is 55.6 Å². The van der Waals surface area contributed by atoms with E-state index >= 15 is 0 Å². The standard InChI is InChI=1S/C28H36N10O12P2/c1-11(2)24(39)35-27-34-23-16(25(40)36-27)33-10-38(23)26-19-18(45-4)14(48-26)6-46-51(41,42)50-20-12(3)17(13-5-28(13,20)7-47-52(43,44)49-19)37-9-32-15-21(29)30-8-31-22(15)37/h8-14,17-20,26H,5-7H2,1-4H3,(H,41,42)(H,43,44)(H2,29,30,31)(H2,34,35,36,39,40)/t12-,13+,14+,17-,18+,19+,20-,26+,28-/m0/s1. The number of nitrogens with one attached hydrogen (secondary N) is 2. The molecule has 6 N–H and O–H groups in total. The molecule has 6 heterocycles. The topological polar surface area (TPSA) is 292 Å². The van der Waals surface area contributed by atoms with Gasteiger partial charge in [-0.15, -0.1) is 0 Å². The van der Waals surface area contributed by atoms with Gasteiger partial charge in [-0.1, -0.05) is 20.8 Å². The summed E-state index contributed by atoms with van der Waals surface area (Å²) in [5, 5.41) is 2.52. The molecule has 8 rings (SSSR count). The number of ether oxygens (including phenoxy) is 2. The van der Waals surface area contributed by atoms with E-state index in [1.807, 2.05) is 6.92 Å². The van der Waals surface area contributed by atoms with E-state index in [1.54, 1.807) is 24.7 Å². The molecule has 1 spiro atoms. The number of phosphoric acid groups is 2. The van der Waals surface area contributed by atoms with Crippen molar-refractivity contribution in [3.05, 3.63) is 29.3 Å². The maximum absolute atomic E-state index is 13.8. The normalized spacial score (nSPS) is 37.7. The van der Waals surface area contributed by atoms with Gasteiger partial charge in [0.25, 0.3) is 5.56 Å². The van der Waals surface area contributed by atoms with Gasteiger partial charge >= 0.3 is 15.6 Å². The maximum atomic E-state index is 13.8. The van der Waals surface area contributed by atoms with Gasteiger partial charge in [0.2, 0.25) is 11.9 Å². The number of nitrogens with two attached hydrogens (primary N) is 1. The highest BCUT2D eigenvalue weighted by atomic mass is 31.2. The summed E-state index contributed by atoms with van der Waals surface area (Å²) in [6.45, 7) is 4.15. The summed E-state index contributed by atoms with van der Waals surface area (Å²) in [5.74, 6) is -1.57. The molecule has 11 atom stereocenters. The first-order chi connectivity index (χ1) is 24.6. The third kappa shape index (κ3) is 5.77. The second-order valence-electron chi connectivity index (χ2n) is 13.7. The molecule has 2 aliphatic carbocycles. The molecule has 2 aliphatic heterocycles. The average molecular weight is 767 g/mol. The molecule has 52 heavy (non-hydrogen) atoms. The summed E-state index contributed by atoms with van der Waals surface area (Å²) in [6, 6.07) is -0.387. The molecular weight excluding hydrogens is 730 g/mol. The Labute approximate surface area is 293 Å². The SMILES string of the molecule is CO[C@H]1[C@H]2OP(=O)(O)OC[C@@]34C[C@@H]3[C@@H](n3cnc5c(N)ncnc53)[C@H](C)[C@@H]4OP(=O)(O)OC[C@H]1O[C@H]2n1cnc2c(=O)[nH]c(NC(=O)C(C)C)nc21. The van der Waals surface area contributed by atoms with Gasteiger partial charge in [0.05, 0.1) is 32.0 Å². The van der Waals surface area contributed by atoms with Crippen LogP contribution in [0, 0.1) is 23.2 Å². The molecule has 2 saturated heterocycles. The van der Waals surface area contributed by atoms with Gasteiger partial charge in [0.1, 0.15) is 30.2 Å². The monoisotopic (exact) mass is 766 g/mol. The maximum Gasteiger partial charge on any atom is 0.472 e. The molecule has 2 saturated carbocycles. The van der Waals surface area contributed by atoms with Crippen LogP contribution in [0.1, 0.15) is 39.5 Å². The lowest BCUT2D eigenvalue weighted by molar-refractivity contribution is -0.118. The van der Waals surface area contributed by atoms with Crippen LogP contribution in [-0.4, -0.2) is 99.5 Å². The number of rotatable bonds is 5. The summed E-state index contributed by atoms with van der Waals surface area (Å²) in [5.41, 5.74) is 4.94. The van der Waals surface area contributed by atoms with Crippen LogP contribution >= 0.6 is 15.6 Å². The number of imidazole rings is 2. The number of carbonyl (C=O) groups is 1. The average Bonchev–Trinajstić information content (AvgIpc) is 3.37. The zero-order valence-corrected chi connectivity index (χ0v) is 29.9.